The molecule has 1 amide bonds. The second-order valence-electron chi connectivity index (χ2n) is 19.5. The number of hydrogen-bond acceptors (Lipinski definition) is 41. The molecule has 20 N–H and O–H groups in total. The smallest absolute Gasteiger partial charge is 0.246 e. The summed E-state index contributed by atoms with van der Waals surface area (Å²) in [6, 6.07) is 0. The van der Waals surface area contributed by atoms with Crippen molar-refractivity contribution in [2.75, 3.05) is 59.4 Å². The van der Waals surface area contributed by atoms with Crippen LogP contribution >= 0.6 is 16.5 Å². The minimum absolute atomic E-state index is 0.617. The van der Waals surface area contributed by atoms with Crippen LogP contribution in [0.4, 0.5) is 0 Å². The third kappa shape index (κ3) is 19.0. The highest BCUT2D eigenvalue weighted by Gasteiger charge is 2.56. The van der Waals surface area contributed by atoms with Crippen molar-refractivity contribution >= 4 is 28.2 Å². The number of amides is 1. The van der Waals surface area contributed by atoms with Gasteiger partial charge in [-0.3, -0.25) is 19.0 Å². The van der Waals surface area contributed by atoms with Crippen LogP contribution in [0.3, 0.4) is 0 Å². The van der Waals surface area contributed by atoms with Crippen molar-refractivity contribution in [3.05, 3.63) is 0 Å². The van der Waals surface area contributed by atoms with Crippen LogP contribution in [0.5, 0.6) is 0 Å². The fourth-order valence-corrected chi connectivity index (χ4v) is 9.46. The standard InChI is InChI=1S/C41H71N2O38P.HO2P/c42-70-4-10(46)1-43-17(47)9-69-37-32(62)33(79-41-35(28(58)19(49)12(3-45)74-41)81-39-31(61)26(56)22(52)16(78-39)8-72-82(64,65)66)23(53)14(76-37)6-67-36-29(59)24(54)20(50)13(75-36)5-68-40-34(27(57)18(48)11(2-44)73-40)80-38-30(60)25(55)21(51)15(77-38)7-71-63;1-3-2/h11-16,18-41,44-45,48-63H,1-9,42H2,(H,43,47)(H2,64,65,66);(H,1,2)/p-4/t11?,12?,13?,14?,15?,16?,18-,19-,20-,21-,22-,23-,24+,25+,26+,27+,28+,29?,30?,31?,32?,33+,34?,35?,36+,37-,38+,39-,40+,41-;/m1./s1. The van der Waals surface area contributed by atoms with Crippen molar-refractivity contribution in [2.45, 2.75) is 184 Å². The van der Waals surface area contributed by atoms with Gasteiger partial charge in [0.1, 0.15) is 160 Å². The molecule has 6 aliphatic heterocycles. The van der Waals surface area contributed by atoms with Gasteiger partial charge in [-0.15, -0.1) is 0 Å². The van der Waals surface area contributed by atoms with Gasteiger partial charge in [-0.25, -0.2) is 5.90 Å². The highest BCUT2D eigenvalue weighted by atomic mass is 31.2. The molecule has 44 heteroatoms. The van der Waals surface area contributed by atoms with Gasteiger partial charge in [0, 0.05) is 0 Å². The Labute approximate surface area is 479 Å². The van der Waals surface area contributed by atoms with Crippen LogP contribution in [0.15, 0.2) is 0 Å². The number of hydrogen-bond donors (Lipinski definition) is 19. The Bertz CT molecular complexity index is 2080. The van der Waals surface area contributed by atoms with E-state index in [4.69, 9.17) is 72.2 Å². The Kier molecular flexibility index (Phi) is 29.4. The molecule has 0 aromatic carbocycles. The van der Waals surface area contributed by atoms with E-state index < -0.39 is 272 Å². The average Bonchev–Trinajstić information content (AvgIpc) is 1.72. The monoisotopic (exact) mass is 1290 g/mol. The lowest BCUT2D eigenvalue weighted by Crippen LogP contribution is -2.67. The number of aliphatic hydroxyl groups is 17. The van der Waals surface area contributed by atoms with E-state index in [1.165, 1.54) is 0 Å². The molecule has 0 aromatic heterocycles. The molecule has 30 atom stereocenters. The number of phosphoric ester groups is 1. The van der Waals surface area contributed by atoms with Gasteiger partial charge in [0.15, 0.2) is 43.5 Å². The lowest BCUT2D eigenvalue weighted by molar-refractivity contribution is -0.692. The average molecular weight is 1290 g/mol. The van der Waals surface area contributed by atoms with Crippen molar-refractivity contribution in [3.63, 3.8) is 0 Å². The summed E-state index contributed by atoms with van der Waals surface area (Å²) in [5.41, 5.74) is 0. The number of aliphatic hydroxyl groups excluding tert-OH is 17. The van der Waals surface area contributed by atoms with Crippen LogP contribution in [-0.4, -0.2) is 342 Å². The molecule has 6 aliphatic rings. The molecular weight excluding hydrogens is 1220 g/mol. The molecule has 0 saturated carbocycles. The zero-order chi connectivity index (χ0) is 63.4. The molecule has 0 radical (unpaired) electrons. The Balaban J connectivity index is 0.00000431. The lowest BCUT2D eigenvalue weighted by atomic mass is 9.96. The van der Waals surface area contributed by atoms with E-state index in [9.17, 15) is 116 Å². The first kappa shape index (κ1) is 73.7. The fourth-order valence-electron chi connectivity index (χ4n) is 9.14. The quantitative estimate of drug-likeness (QED) is 0.0217. The maximum atomic E-state index is 12.7. The summed E-state index contributed by atoms with van der Waals surface area (Å²) in [6.07, 6.45) is -61.8. The molecule has 6 heterocycles. The lowest BCUT2D eigenvalue weighted by Gasteiger charge is -2.49. The summed E-state index contributed by atoms with van der Waals surface area (Å²) in [5, 5.41) is 196. The number of ketones is 1. The molecule has 6 rings (SSSR count). The molecule has 496 valence electrons. The minimum Gasteiger partial charge on any atom is -0.790 e. The van der Waals surface area contributed by atoms with Crippen LogP contribution in [-0.2, 0) is 89.8 Å². The van der Waals surface area contributed by atoms with Gasteiger partial charge >= 0.3 is 0 Å². The third-order valence-corrected chi connectivity index (χ3v) is 14.2. The SMILES string of the molecule is NOCC(=O)CNC(=O)CO[C@@H]1OC(CO[C@H]2OC(CO[C@H]3OC(CO)[C@@H](O)[C@H](O)C3O[C@@H]3OC(CO[O-])[C@@H](O)[C@H](O)C3O)[C@@H](O)[C@H](O)C2O)[C@@H](O)[C@H](O[C@H]2OC(CO)[C@@H](O)[C@H](O)C2O[C@H]2OC(COP(=O)([O-])[O-])[C@@H](O)[C@H](O)C2O)C1O.O=P[O-]. The Morgan fingerprint density at radius 1 is 0.471 bits per heavy atom. The number of phosphoric acid groups is 1. The van der Waals surface area contributed by atoms with Gasteiger partial charge in [-0.2, -0.15) is 0 Å². The van der Waals surface area contributed by atoms with Gasteiger partial charge in [-0.1, -0.05) is 0 Å². The summed E-state index contributed by atoms with van der Waals surface area (Å²) in [6.45, 7) is -8.45. The predicted octanol–water partition coefficient (Wildman–Crippen LogP) is -17.8. The van der Waals surface area contributed by atoms with Crippen molar-refractivity contribution in [3.8, 4) is 0 Å². The Morgan fingerprint density at radius 2 is 0.847 bits per heavy atom. The normalized spacial score (nSPS) is 44.5. The van der Waals surface area contributed by atoms with Gasteiger partial charge in [0.2, 0.25) is 5.91 Å². The number of nitrogens with one attached hydrogen (secondary N) is 1. The maximum Gasteiger partial charge on any atom is 0.246 e. The summed E-state index contributed by atoms with van der Waals surface area (Å²) < 4.78 is 90.8. The molecule has 6 fully saturated rings. The minimum atomic E-state index is -5.74. The second-order valence-corrected chi connectivity index (χ2v) is 20.8. The van der Waals surface area contributed by atoms with E-state index in [2.05, 4.69) is 19.6 Å². The number of ether oxygens (including phenoxy) is 12. The molecular formula is C41H68N2O40P2-4. The first-order valence-corrected chi connectivity index (χ1v) is 27.4. The van der Waals surface area contributed by atoms with Crippen LogP contribution in [0, 0.1) is 0 Å². The van der Waals surface area contributed by atoms with Gasteiger partial charge in [-0.05, 0) is 0 Å². The summed E-state index contributed by atoms with van der Waals surface area (Å²) >= 11 is 0. The van der Waals surface area contributed by atoms with Crippen LogP contribution in [0.2, 0.25) is 0 Å². The largest absolute Gasteiger partial charge is 0.790 e. The number of carbonyl (C=O) groups excluding carboxylic acids is 2. The van der Waals surface area contributed by atoms with E-state index in [0.717, 1.165) is 0 Å². The van der Waals surface area contributed by atoms with Crippen molar-refractivity contribution in [1.82, 2.24) is 5.32 Å². The van der Waals surface area contributed by atoms with E-state index in [1.54, 1.807) is 0 Å². The maximum absolute atomic E-state index is 12.7. The molecule has 0 aromatic rings. The van der Waals surface area contributed by atoms with Crippen molar-refractivity contribution < 1.29 is 197 Å². The molecule has 0 spiro atoms. The molecule has 0 bridgehead atoms. The molecule has 6 saturated heterocycles. The van der Waals surface area contributed by atoms with Crippen molar-refractivity contribution in [2.24, 2.45) is 5.90 Å². The number of rotatable bonds is 26. The van der Waals surface area contributed by atoms with Crippen LogP contribution in [0.1, 0.15) is 0 Å². The topological polar surface area (TPSA) is 681 Å². The highest BCUT2D eigenvalue weighted by Crippen LogP contribution is 2.36. The zero-order valence-electron chi connectivity index (χ0n) is 43.6. The van der Waals surface area contributed by atoms with Crippen LogP contribution < -0.4 is 31.2 Å². The zero-order valence-corrected chi connectivity index (χ0v) is 45.4. The third-order valence-electron chi connectivity index (χ3n) is 13.8. The van der Waals surface area contributed by atoms with Crippen molar-refractivity contribution in [1.29, 1.82) is 0 Å². The summed E-state index contributed by atoms with van der Waals surface area (Å²) in [5.74, 6) is 3.12. The first-order chi connectivity index (χ1) is 40.1. The van der Waals surface area contributed by atoms with E-state index in [-0.39, 0.29) is 0 Å². The fraction of sp³-hybridized carbons (Fsp3) is 0.951. The van der Waals surface area contributed by atoms with Gasteiger partial charge in [0.05, 0.1) is 62.7 Å². The summed E-state index contributed by atoms with van der Waals surface area (Å²) in [4.78, 5) is 63.2. The number of nitrogens with two attached hydrogens (primary N) is 1. The van der Waals surface area contributed by atoms with Crippen LogP contribution in [0.25, 0.3) is 0 Å². The number of carbonyl (C=O) groups is 2. The first-order valence-electron chi connectivity index (χ1n) is 25.2. The molecule has 12 unspecified atom stereocenters. The van der Waals surface area contributed by atoms with E-state index in [0.29, 0.717) is 0 Å². The molecule has 85 heavy (non-hydrogen) atoms. The molecule has 42 nitrogen and oxygen atoms in total. The van der Waals surface area contributed by atoms with Gasteiger partial charge in [0.25, 0.3) is 0 Å². The Hall–Kier alpha value is -2.01. The van der Waals surface area contributed by atoms with E-state index in [1.807, 2.05) is 0 Å². The highest BCUT2D eigenvalue weighted by molar-refractivity contribution is 7.43. The molecule has 0 aliphatic carbocycles. The second kappa shape index (κ2) is 33.9. The predicted molar refractivity (Wildman–Crippen MR) is 244 cm³/mol. The Morgan fingerprint density at radius 3 is 1.32 bits per heavy atom. The van der Waals surface area contributed by atoms with Gasteiger partial charge < -0.3 is 183 Å². The van der Waals surface area contributed by atoms with E-state index >= 15 is 0 Å². The number of Topliss-reactive ketones (excluding diaryl/α,β-unsaturated/α-hetero) is 1. The summed E-state index contributed by atoms with van der Waals surface area (Å²) in [7, 11) is -6.82.